The van der Waals surface area contributed by atoms with Crippen molar-refractivity contribution >= 4 is 21.7 Å². The molecule has 0 saturated heterocycles. The van der Waals surface area contributed by atoms with Crippen LogP contribution >= 0.6 is 15.9 Å². The Morgan fingerprint density at radius 3 is 2.70 bits per heavy atom. The third-order valence-electron chi connectivity index (χ3n) is 2.77. The van der Waals surface area contributed by atoms with Crippen molar-refractivity contribution in [3.05, 3.63) is 76.2 Å². The van der Waals surface area contributed by atoms with E-state index in [1.165, 1.54) is 0 Å². The number of allylic oxidation sites excluding steroid dienone is 2. The van der Waals surface area contributed by atoms with Crippen molar-refractivity contribution < 1.29 is 4.79 Å². The van der Waals surface area contributed by atoms with Gasteiger partial charge in [0.05, 0.1) is 0 Å². The minimum Gasteiger partial charge on any atom is -0.384 e. The summed E-state index contributed by atoms with van der Waals surface area (Å²) in [6.45, 7) is 2.54. The molecule has 4 heteroatoms. The van der Waals surface area contributed by atoms with Gasteiger partial charge in [0.1, 0.15) is 0 Å². The normalized spacial score (nSPS) is 11.2. The Labute approximate surface area is 126 Å². The maximum Gasteiger partial charge on any atom is 0.187 e. The Hall–Kier alpha value is -1.94. The van der Waals surface area contributed by atoms with Crippen LogP contribution in [0, 0.1) is 0 Å². The summed E-state index contributed by atoms with van der Waals surface area (Å²) in [6, 6.07) is 11.2. The van der Waals surface area contributed by atoms with E-state index in [4.69, 9.17) is 0 Å². The van der Waals surface area contributed by atoms with Gasteiger partial charge in [0.15, 0.2) is 5.78 Å². The second kappa shape index (κ2) is 7.01. The summed E-state index contributed by atoms with van der Waals surface area (Å²) in [6.07, 6.45) is 5.15. The third kappa shape index (κ3) is 4.31. The number of carbonyl (C=O) groups excluding carboxylic acids is 1. The molecule has 0 bridgehead atoms. The fourth-order valence-electron chi connectivity index (χ4n) is 1.69. The summed E-state index contributed by atoms with van der Waals surface area (Å²) in [4.78, 5) is 16.1. The van der Waals surface area contributed by atoms with Gasteiger partial charge in [-0.25, -0.2) is 0 Å². The van der Waals surface area contributed by atoms with Crippen molar-refractivity contribution in [1.29, 1.82) is 0 Å². The molecule has 0 aliphatic rings. The molecule has 0 atom stereocenters. The summed E-state index contributed by atoms with van der Waals surface area (Å²) in [7, 11) is 0. The molecule has 1 heterocycles. The Morgan fingerprint density at radius 1 is 1.30 bits per heavy atom. The number of hydrogen-bond acceptors (Lipinski definition) is 3. The molecule has 0 aliphatic heterocycles. The Kier molecular flexibility index (Phi) is 5.07. The Morgan fingerprint density at radius 2 is 2.05 bits per heavy atom. The smallest absolute Gasteiger partial charge is 0.187 e. The average molecular weight is 331 g/mol. The van der Waals surface area contributed by atoms with Crippen LogP contribution in [0.1, 0.15) is 22.8 Å². The van der Waals surface area contributed by atoms with Crippen LogP contribution in [0.25, 0.3) is 0 Å². The van der Waals surface area contributed by atoms with E-state index < -0.39 is 0 Å². The summed E-state index contributed by atoms with van der Waals surface area (Å²) in [5.74, 6) is -0.00585. The highest BCUT2D eigenvalue weighted by molar-refractivity contribution is 9.10. The summed E-state index contributed by atoms with van der Waals surface area (Å²) in [5.41, 5.74) is 2.59. The predicted octanol–water partition coefficient (Wildman–Crippen LogP) is 3.72. The average Bonchev–Trinajstić information content (AvgIpc) is 2.47. The zero-order valence-corrected chi connectivity index (χ0v) is 12.7. The minimum atomic E-state index is -0.00585. The van der Waals surface area contributed by atoms with Crippen LogP contribution in [0.5, 0.6) is 0 Å². The first kappa shape index (κ1) is 14.5. The number of pyridine rings is 1. The highest BCUT2D eigenvalue weighted by Crippen LogP contribution is 2.11. The van der Waals surface area contributed by atoms with E-state index in [-0.39, 0.29) is 5.78 Å². The van der Waals surface area contributed by atoms with E-state index in [0.717, 1.165) is 15.7 Å². The lowest BCUT2D eigenvalue weighted by molar-refractivity contribution is 0.104. The zero-order valence-electron chi connectivity index (χ0n) is 11.1. The van der Waals surface area contributed by atoms with Gasteiger partial charge in [-0.2, -0.15) is 0 Å². The molecule has 0 unspecified atom stereocenters. The largest absolute Gasteiger partial charge is 0.384 e. The predicted molar refractivity (Wildman–Crippen MR) is 83.3 cm³/mol. The number of aromatic nitrogens is 1. The molecular formula is C16H15BrN2O. The van der Waals surface area contributed by atoms with E-state index >= 15 is 0 Å². The lowest BCUT2D eigenvalue weighted by Crippen LogP contribution is -2.12. The van der Waals surface area contributed by atoms with Crippen molar-refractivity contribution in [2.45, 2.75) is 13.5 Å². The second-order valence-corrected chi connectivity index (χ2v) is 5.33. The quantitative estimate of drug-likeness (QED) is 0.671. The summed E-state index contributed by atoms with van der Waals surface area (Å²) >= 11 is 3.35. The van der Waals surface area contributed by atoms with Gasteiger partial charge in [0, 0.05) is 40.7 Å². The van der Waals surface area contributed by atoms with Crippen LogP contribution in [-0.2, 0) is 6.54 Å². The highest BCUT2D eigenvalue weighted by atomic mass is 79.9. The van der Waals surface area contributed by atoms with Gasteiger partial charge in [-0.3, -0.25) is 9.78 Å². The Balaban J connectivity index is 1.96. The highest BCUT2D eigenvalue weighted by Gasteiger charge is 2.03. The number of ketones is 1. The van der Waals surface area contributed by atoms with Crippen molar-refractivity contribution in [2.75, 3.05) is 0 Å². The minimum absolute atomic E-state index is 0.00585. The number of nitrogens with one attached hydrogen (secondary N) is 1. The molecule has 0 fully saturated rings. The Bertz CT molecular complexity index is 606. The topological polar surface area (TPSA) is 42.0 Å². The SMILES string of the molecule is CC(=CC(=O)c1ccc(Br)cc1)NCc1cccnc1. The monoisotopic (exact) mass is 330 g/mol. The molecule has 102 valence electrons. The molecule has 20 heavy (non-hydrogen) atoms. The summed E-state index contributed by atoms with van der Waals surface area (Å²) < 4.78 is 0.962. The zero-order chi connectivity index (χ0) is 14.4. The molecule has 0 aliphatic carbocycles. The van der Waals surface area contributed by atoms with E-state index in [1.54, 1.807) is 30.6 Å². The molecule has 0 radical (unpaired) electrons. The van der Waals surface area contributed by atoms with Gasteiger partial charge in [0.25, 0.3) is 0 Å². The molecule has 0 spiro atoms. The molecule has 0 amide bonds. The van der Waals surface area contributed by atoms with Crippen molar-refractivity contribution in [2.24, 2.45) is 0 Å². The standard InChI is InChI=1S/C16H15BrN2O/c1-12(19-11-13-3-2-8-18-10-13)9-16(20)14-4-6-15(17)7-5-14/h2-10,19H,11H2,1H3. The van der Waals surface area contributed by atoms with Gasteiger partial charge < -0.3 is 5.32 Å². The molecule has 3 nitrogen and oxygen atoms in total. The van der Waals surface area contributed by atoms with Gasteiger partial charge in [0.2, 0.25) is 0 Å². The van der Waals surface area contributed by atoms with Gasteiger partial charge in [-0.15, -0.1) is 0 Å². The van der Waals surface area contributed by atoms with Crippen molar-refractivity contribution in [3.8, 4) is 0 Å². The van der Waals surface area contributed by atoms with E-state index in [0.29, 0.717) is 12.1 Å². The van der Waals surface area contributed by atoms with Gasteiger partial charge >= 0.3 is 0 Å². The van der Waals surface area contributed by atoms with E-state index in [9.17, 15) is 4.79 Å². The number of rotatable bonds is 5. The molecule has 1 aromatic carbocycles. The third-order valence-corrected chi connectivity index (χ3v) is 3.30. The van der Waals surface area contributed by atoms with Gasteiger partial charge in [-0.05, 0) is 42.8 Å². The molecular weight excluding hydrogens is 316 g/mol. The number of hydrogen-bond donors (Lipinski definition) is 1. The fraction of sp³-hybridized carbons (Fsp3) is 0.125. The molecule has 1 aromatic heterocycles. The van der Waals surface area contributed by atoms with Crippen LogP contribution in [-0.4, -0.2) is 10.8 Å². The first-order valence-corrected chi connectivity index (χ1v) is 7.05. The molecule has 2 rings (SSSR count). The van der Waals surface area contributed by atoms with Crippen molar-refractivity contribution in [3.63, 3.8) is 0 Å². The van der Waals surface area contributed by atoms with Crippen LogP contribution in [0.2, 0.25) is 0 Å². The number of halogens is 1. The van der Waals surface area contributed by atoms with E-state index in [2.05, 4.69) is 26.2 Å². The number of nitrogens with zero attached hydrogens (tertiary/aromatic N) is 1. The fourth-order valence-corrected chi connectivity index (χ4v) is 1.95. The lowest BCUT2D eigenvalue weighted by atomic mass is 10.1. The molecule has 0 saturated carbocycles. The first-order valence-electron chi connectivity index (χ1n) is 6.26. The number of benzene rings is 1. The van der Waals surface area contributed by atoms with Crippen molar-refractivity contribution in [1.82, 2.24) is 10.3 Å². The van der Waals surface area contributed by atoms with Crippen LogP contribution in [0.4, 0.5) is 0 Å². The molecule has 1 N–H and O–H groups in total. The maximum atomic E-state index is 12.0. The van der Waals surface area contributed by atoms with Gasteiger partial charge in [-0.1, -0.05) is 22.0 Å². The molecule has 2 aromatic rings. The number of carbonyl (C=O) groups is 1. The maximum absolute atomic E-state index is 12.0. The van der Waals surface area contributed by atoms with Crippen LogP contribution in [0.15, 0.2) is 65.0 Å². The van der Waals surface area contributed by atoms with Crippen LogP contribution in [0.3, 0.4) is 0 Å². The summed E-state index contributed by atoms with van der Waals surface area (Å²) in [5, 5.41) is 3.20. The van der Waals surface area contributed by atoms with E-state index in [1.807, 2.05) is 31.2 Å². The van der Waals surface area contributed by atoms with Crippen LogP contribution < -0.4 is 5.32 Å². The lowest BCUT2D eigenvalue weighted by Gasteiger charge is -2.06. The second-order valence-electron chi connectivity index (χ2n) is 4.41. The first-order chi connectivity index (χ1) is 9.65.